The molecule has 0 aromatic heterocycles. The molecule has 3 aromatic rings. The molecule has 98 valence electrons. The molecule has 3 rings (SSSR count). The molecule has 0 saturated heterocycles. The van der Waals surface area contributed by atoms with Crippen LogP contribution in [0.2, 0.25) is 0 Å². The Bertz CT molecular complexity index is 803. The third-order valence-corrected chi connectivity index (χ3v) is 3.48. The average molecular weight is 262 g/mol. The number of hydrogen-bond donors (Lipinski definition) is 1. The van der Waals surface area contributed by atoms with Gasteiger partial charge < -0.3 is 5.11 Å². The molecule has 1 N–H and O–H groups in total. The summed E-state index contributed by atoms with van der Waals surface area (Å²) in [5.41, 5.74) is 2.37. The van der Waals surface area contributed by atoms with E-state index in [4.69, 9.17) is 0 Å². The number of carbonyl (C=O) groups excluding carboxylic acids is 1. The van der Waals surface area contributed by atoms with Crippen LogP contribution in [0.25, 0.3) is 10.8 Å². The first kappa shape index (κ1) is 12.4. The van der Waals surface area contributed by atoms with Gasteiger partial charge in [-0.1, -0.05) is 42.5 Å². The average Bonchev–Trinajstić information content (AvgIpc) is 2.46. The molecule has 0 heterocycles. The first-order valence-electron chi connectivity index (χ1n) is 6.48. The zero-order chi connectivity index (χ0) is 14.1. The quantitative estimate of drug-likeness (QED) is 0.706. The zero-order valence-electron chi connectivity index (χ0n) is 11.1. The second-order valence-electron chi connectivity index (χ2n) is 4.89. The molecule has 0 amide bonds. The van der Waals surface area contributed by atoms with E-state index >= 15 is 0 Å². The third kappa shape index (κ3) is 2.16. The molecule has 2 heteroatoms. The van der Waals surface area contributed by atoms with Gasteiger partial charge in [0.2, 0.25) is 0 Å². The fourth-order valence-electron chi connectivity index (χ4n) is 2.36. The molecule has 20 heavy (non-hydrogen) atoms. The van der Waals surface area contributed by atoms with Crippen molar-refractivity contribution < 1.29 is 9.90 Å². The highest BCUT2D eigenvalue weighted by molar-refractivity contribution is 6.11. The van der Waals surface area contributed by atoms with Crippen molar-refractivity contribution in [3.8, 4) is 5.75 Å². The Hall–Kier alpha value is -2.61. The van der Waals surface area contributed by atoms with Crippen LogP contribution in [0.4, 0.5) is 0 Å². The number of ketones is 1. The van der Waals surface area contributed by atoms with Crippen LogP contribution in [-0.4, -0.2) is 10.9 Å². The van der Waals surface area contributed by atoms with Crippen LogP contribution in [0.15, 0.2) is 60.7 Å². The van der Waals surface area contributed by atoms with Crippen molar-refractivity contribution in [2.24, 2.45) is 0 Å². The van der Waals surface area contributed by atoms with E-state index in [1.807, 2.05) is 49.4 Å². The van der Waals surface area contributed by atoms with E-state index in [2.05, 4.69) is 0 Å². The van der Waals surface area contributed by atoms with Crippen LogP contribution in [-0.2, 0) is 0 Å². The zero-order valence-corrected chi connectivity index (χ0v) is 11.1. The van der Waals surface area contributed by atoms with Crippen LogP contribution >= 0.6 is 0 Å². The van der Waals surface area contributed by atoms with Gasteiger partial charge in [0, 0.05) is 11.1 Å². The molecule has 0 atom stereocenters. The molecule has 0 bridgehead atoms. The van der Waals surface area contributed by atoms with Gasteiger partial charge in [-0.15, -0.1) is 0 Å². The van der Waals surface area contributed by atoms with E-state index in [0.29, 0.717) is 5.56 Å². The van der Waals surface area contributed by atoms with E-state index < -0.39 is 0 Å². The summed E-state index contributed by atoms with van der Waals surface area (Å²) in [4.78, 5) is 12.5. The van der Waals surface area contributed by atoms with Crippen LogP contribution in [0, 0.1) is 6.92 Å². The number of phenols is 1. The van der Waals surface area contributed by atoms with Gasteiger partial charge in [-0.05, 0) is 41.5 Å². The highest BCUT2D eigenvalue weighted by atomic mass is 16.3. The molecule has 0 aliphatic carbocycles. The fourth-order valence-corrected chi connectivity index (χ4v) is 2.36. The molecule has 0 aliphatic heterocycles. The lowest BCUT2D eigenvalue weighted by molar-refractivity contribution is 0.103. The Morgan fingerprint density at radius 2 is 1.60 bits per heavy atom. The van der Waals surface area contributed by atoms with Crippen molar-refractivity contribution >= 4 is 16.6 Å². The highest BCUT2D eigenvalue weighted by Crippen LogP contribution is 2.23. The Balaban J connectivity index is 2.09. The predicted molar refractivity (Wildman–Crippen MR) is 80.2 cm³/mol. The Morgan fingerprint density at radius 3 is 2.40 bits per heavy atom. The Kier molecular flexibility index (Phi) is 2.99. The van der Waals surface area contributed by atoms with Crippen molar-refractivity contribution in [1.29, 1.82) is 0 Å². The number of carbonyl (C=O) groups is 1. The first-order chi connectivity index (χ1) is 9.65. The maximum absolute atomic E-state index is 12.5. The van der Waals surface area contributed by atoms with E-state index in [1.54, 1.807) is 18.2 Å². The number of benzene rings is 3. The molecule has 0 unspecified atom stereocenters. The lowest BCUT2D eigenvalue weighted by Crippen LogP contribution is -2.03. The van der Waals surface area contributed by atoms with Crippen LogP contribution < -0.4 is 0 Å². The molecular formula is C18H14O2. The highest BCUT2D eigenvalue weighted by Gasteiger charge is 2.11. The minimum atomic E-state index is 0.0260. The van der Waals surface area contributed by atoms with Crippen molar-refractivity contribution in [2.75, 3.05) is 0 Å². The summed E-state index contributed by atoms with van der Waals surface area (Å²) in [5, 5.41) is 11.3. The molecular weight excluding hydrogens is 248 g/mol. The lowest BCUT2D eigenvalue weighted by Gasteiger charge is -2.06. The molecule has 2 nitrogen and oxygen atoms in total. The summed E-state index contributed by atoms with van der Waals surface area (Å²) in [6.45, 7) is 1.94. The second-order valence-corrected chi connectivity index (χ2v) is 4.89. The van der Waals surface area contributed by atoms with Gasteiger partial charge in [-0.25, -0.2) is 0 Å². The van der Waals surface area contributed by atoms with E-state index in [9.17, 15) is 9.90 Å². The summed E-state index contributed by atoms with van der Waals surface area (Å²) in [7, 11) is 0. The number of hydrogen-bond acceptors (Lipinski definition) is 2. The topological polar surface area (TPSA) is 37.3 Å². The summed E-state index contributed by atoms with van der Waals surface area (Å²) < 4.78 is 0. The van der Waals surface area contributed by atoms with Gasteiger partial charge in [-0.2, -0.15) is 0 Å². The second kappa shape index (κ2) is 4.82. The summed E-state index contributed by atoms with van der Waals surface area (Å²) in [6, 6.07) is 18.3. The smallest absolute Gasteiger partial charge is 0.193 e. The van der Waals surface area contributed by atoms with Crippen molar-refractivity contribution in [2.45, 2.75) is 6.92 Å². The van der Waals surface area contributed by atoms with Gasteiger partial charge in [-0.3, -0.25) is 4.79 Å². The Morgan fingerprint density at radius 1 is 0.900 bits per heavy atom. The fraction of sp³-hybridized carbons (Fsp3) is 0.0556. The molecule has 0 spiro atoms. The molecule has 0 saturated carbocycles. The van der Waals surface area contributed by atoms with E-state index in [1.165, 1.54) is 0 Å². The van der Waals surface area contributed by atoms with E-state index in [-0.39, 0.29) is 11.5 Å². The summed E-state index contributed by atoms with van der Waals surface area (Å²) in [5.74, 6) is 0.258. The molecule has 0 radical (unpaired) electrons. The molecule has 0 fully saturated rings. The van der Waals surface area contributed by atoms with Crippen molar-refractivity contribution in [3.63, 3.8) is 0 Å². The van der Waals surface area contributed by atoms with Crippen molar-refractivity contribution in [3.05, 3.63) is 77.4 Å². The largest absolute Gasteiger partial charge is 0.508 e. The third-order valence-electron chi connectivity index (χ3n) is 3.48. The van der Waals surface area contributed by atoms with Crippen LogP contribution in [0.1, 0.15) is 21.5 Å². The van der Waals surface area contributed by atoms with Gasteiger partial charge >= 0.3 is 0 Å². The van der Waals surface area contributed by atoms with Gasteiger partial charge in [0.1, 0.15) is 5.75 Å². The van der Waals surface area contributed by atoms with E-state index in [0.717, 1.165) is 21.9 Å². The molecule has 0 aliphatic rings. The minimum Gasteiger partial charge on any atom is -0.508 e. The minimum absolute atomic E-state index is 0.0260. The number of fused-ring (bicyclic) bond motifs is 1. The summed E-state index contributed by atoms with van der Waals surface area (Å²) in [6.07, 6.45) is 0. The summed E-state index contributed by atoms with van der Waals surface area (Å²) >= 11 is 0. The normalized spacial score (nSPS) is 10.7. The number of aromatic hydroxyl groups is 1. The number of phenolic OH excluding ortho intramolecular Hbond substituents is 1. The van der Waals surface area contributed by atoms with Crippen LogP contribution in [0.3, 0.4) is 0 Å². The standard InChI is InChI=1S/C18H14O2/c1-12-4-2-3-5-17(12)18(20)15-7-6-14-11-16(19)9-8-13(14)10-15/h2-11,19H,1H3. The van der Waals surface area contributed by atoms with Crippen molar-refractivity contribution in [1.82, 2.24) is 0 Å². The maximum atomic E-state index is 12.5. The number of aryl methyl sites for hydroxylation is 1. The maximum Gasteiger partial charge on any atom is 0.193 e. The monoisotopic (exact) mass is 262 g/mol. The SMILES string of the molecule is Cc1ccccc1C(=O)c1ccc2cc(O)ccc2c1. The predicted octanol–water partition coefficient (Wildman–Crippen LogP) is 4.08. The Labute approximate surface area is 117 Å². The first-order valence-corrected chi connectivity index (χ1v) is 6.48. The molecule has 3 aromatic carbocycles. The number of rotatable bonds is 2. The van der Waals surface area contributed by atoms with Gasteiger partial charge in [0.25, 0.3) is 0 Å². The van der Waals surface area contributed by atoms with Gasteiger partial charge in [0.15, 0.2) is 5.78 Å². The van der Waals surface area contributed by atoms with Crippen LogP contribution in [0.5, 0.6) is 5.75 Å². The van der Waals surface area contributed by atoms with Gasteiger partial charge in [0.05, 0.1) is 0 Å². The lowest BCUT2D eigenvalue weighted by atomic mass is 9.97.